The van der Waals surface area contributed by atoms with Crippen LogP contribution in [-0.4, -0.2) is 45.0 Å². The number of aromatic nitrogens is 3. The van der Waals surface area contributed by atoms with Crippen molar-refractivity contribution in [2.75, 3.05) is 13.1 Å². The van der Waals surface area contributed by atoms with Gasteiger partial charge in [0.05, 0.1) is 11.1 Å². The molecule has 8 nitrogen and oxygen atoms in total. The number of hydrogen-bond donors (Lipinski definition) is 1. The number of likely N-dealkylation sites (tertiary alicyclic amines) is 1. The third-order valence-electron chi connectivity index (χ3n) is 7.66. The van der Waals surface area contributed by atoms with Gasteiger partial charge in [-0.2, -0.15) is 18.3 Å². The lowest BCUT2D eigenvalue weighted by Gasteiger charge is -2.31. The largest absolute Gasteiger partial charge is 0.472 e. The number of carbonyl (C=O) groups excluding carboxylic acids is 2. The summed E-state index contributed by atoms with van der Waals surface area (Å²) in [7, 11) is 0. The van der Waals surface area contributed by atoms with Crippen molar-refractivity contribution in [1.29, 1.82) is 0 Å². The number of nitrogens with zero attached hydrogens (tertiary/aromatic N) is 4. The van der Waals surface area contributed by atoms with Gasteiger partial charge in [0.25, 0.3) is 0 Å². The van der Waals surface area contributed by atoms with Crippen LogP contribution < -0.4 is 10.1 Å². The Labute approximate surface area is 230 Å². The number of amides is 2. The summed E-state index contributed by atoms with van der Waals surface area (Å²) < 4.78 is 43.5. The van der Waals surface area contributed by atoms with E-state index in [2.05, 4.69) is 32.6 Å². The van der Waals surface area contributed by atoms with Gasteiger partial charge in [0, 0.05) is 44.4 Å². The highest BCUT2D eigenvalue weighted by Gasteiger charge is 2.52. The Morgan fingerprint density at radius 3 is 2.25 bits per heavy atom. The highest BCUT2D eigenvalue weighted by Crippen LogP contribution is 2.47. The lowest BCUT2D eigenvalue weighted by atomic mass is 9.89. The smallest absolute Gasteiger partial charge is 0.433 e. The van der Waals surface area contributed by atoms with Crippen LogP contribution in [0.2, 0.25) is 0 Å². The predicted octanol–water partition coefficient (Wildman–Crippen LogP) is 4.54. The molecule has 2 amide bonds. The van der Waals surface area contributed by atoms with Crippen LogP contribution in [0.4, 0.5) is 13.2 Å². The predicted molar refractivity (Wildman–Crippen MR) is 139 cm³/mol. The first kappa shape index (κ1) is 27.5. The fourth-order valence-corrected chi connectivity index (χ4v) is 5.00. The minimum atomic E-state index is -4.49. The van der Waals surface area contributed by atoms with Crippen molar-refractivity contribution < 1.29 is 27.5 Å². The number of pyridine rings is 1. The van der Waals surface area contributed by atoms with E-state index in [1.807, 2.05) is 17.0 Å². The first-order valence-corrected chi connectivity index (χ1v) is 13.3. The summed E-state index contributed by atoms with van der Waals surface area (Å²) in [6.07, 6.45) is -0.135. The molecule has 40 heavy (non-hydrogen) atoms. The van der Waals surface area contributed by atoms with Crippen molar-refractivity contribution in [2.45, 2.75) is 63.3 Å². The van der Waals surface area contributed by atoms with Crippen LogP contribution in [0, 0.1) is 0 Å². The van der Waals surface area contributed by atoms with Gasteiger partial charge in [-0.3, -0.25) is 14.6 Å². The highest BCUT2D eigenvalue weighted by molar-refractivity contribution is 5.90. The van der Waals surface area contributed by atoms with Crippen LogP contribution >= 0.6 is 0 Å². The standard InChI is InChI=1S/C29H30F3N5O3/c1-19(38)37-14-10-23(11-15-37)22-5-2-20(3-6-22)16-34-27(39)28(12-13-28)24-8-9-26(36-35-24)40-18-21-4-7-25(33-17-21)29(30,31)32/h2-9,17,23H,10-16,18H2,1H3,(H,34,39). The third kappa shape index (κ3) is 6.24. The van der Waals surface area contributed by atoms with Crippen LogP contribution in [0.5, 0.6) is 5.88 Å². The summed E-state index contributed by atoms with van der Waals surface area (Å²) in [5, 5.41) is 11.3. The van der Waals surface area contributed by atoms with Crippen molar-refractivity contribution in [1.82, 2.24) is 25.4 Å². The van der Waals surface area contributed by atoms with Gasteiger partial charge in [0.1, 0.15) is 12.3 Å². The van der Waals surface area contributed by atoms with Gasteiger partial charge >= 0.3 is 6.18 Å². The maximum Gasteiger partial charge on any atom is 0.433 e. The monoisotopic (exact) mass is 553 g/mol. The summed E-state index contributed by atoms with van der Waals surface area (Å²) in [6, 6.07) is 13.8. The summed E-state index contributed by atoms with van der Waals surface area (Å²) >= 11 is 0. The van der Waals surface area contributed by atoms with E-state index in [9.17, 15) is 22.8 Å². The molecule has 2 aromatic heterocycles. The summed E-state index contributed by atoms with van der Waals surface area (Å²) in [4.78, 5) is 29.9. The number of hydrogen-bond acceptors (Lipinski definition) is 6. The molecule has 210 valence electrons. The lowest BCUT2D eigenvalue weighted by molar-refractivity contribution is -0.141. The van der Waals surface area contributed by atoms with Crippen LogP contribution in [0.15, 0.2) is 54.7 Å². The molecule has 3 aromatic rings. The van der Waals surface area contributed by atoms with Gasteiger partial charge in [0.2, 0.25) is 17.7 Å². The molecule has 2 fully saturated rings. The Bertz CT molecular complexity index is 1330. The number of nitrogens with one attached hydrogen (secondary N) is 1. The van der Waals surface area contributed by atoms with Gasteiger partial charge in [0.15, 0.2) is 0 Å². The molecule has 0 radical (unpaired) electrons. The SMILES string of the molecule is CC(=O)N1CCC(c2ccc(CNC(=O)C3(c4ccc(OCc5ccc(C(F)(F)F)nc5)nn4)CC3)cc2)CC1. The Hall–Kier alpha value is -4.02. The fraction of sp³-hybridized carbons (Fsp3) is 0.414. The van der Waals surface area contributed by atoms with Crippen LogP contribution in [-0.2, 0) is 34.3 Å². The Kier molecular flexibility index (Phi) is 7.73. The number of halogens is 3. The molecule has 1 aliphatic carbocycles. The zero-order valence-electron chi connectivity index (χ0n) is 22.1. The molecular weight excluding hydrogens is 523 g/mol. The second-order valence-corrected chi connectivity index (χ2v) is 10.4. The Balaban J connectivity index is 1.11. The average Bonchev–Trinajstić information content (AvgIpc) is 3.77. The lowest BCUT2D eigenvalue weighted by Crippen LogP contribution is -2.36. The van der Waals surface area contributed by atoms with Gasteiger partial charge in [-0.1, -0.05) is 30.3 Å². The summed E-state index contributed by atoms with van der Waals surface area (Å²) in [5.41, 5.74) is 1.59. The van der Waals surface area contributed by atoms with E-state index in [-0.39, 0.29) is 24.3 Å². The van der Waals surface area contributed by atoms with Crippen molar-refractivity contribution in [3.05, 3.63) is 82.8 Å². The van der Waals surface area contributed by atoms with E-state index < -0.39 is 17.3 Å². The van der Waals surface area contributed by atoms with Gasteiger partial charge in [-0.05, 0) is 54.9 Å². The molecule has 1 saturated heterocycles. The second-order valence-electron chi connectivity index (χ2n) is 10.4. The van der Waals surface area contributed by atoms with Crippen molar-refractivity contribution >= 4 is 11.8 Å². The minimum Gasteiger partial charge on any atom is -0.472 e. The number of piperidine rings is 1. The molecule has 3 heterocycles. The molecule has 1 aliphatic heterocycles. The molecule has 0 bridgehead atoms. The topological polar surface area (TPSA) is 97.3 Å². The summed E-state index contributed by atoms with van der Waals surface area (Å²) in [6.45, 7) is 3.57. The van der Waals surface area contributed by atoms with E-state index in [1.165, 1.54) is 11.6 Å². The number of benzene rings is 1. The Morgan fingerprint density at radius 1 is 1.00 bits per heavy atom. The molecule has 1 saturated carbocycles. The molecule has 0 spiro atoms. The number of carbonyl (C=O) groups is 2. The molecule has 1 aromatic carbocycles. The van der Waals surface area contributed by atoms with Crippen LogP contribution in [0.25, 0.3) is 0 Å². The van der Waals surface area contributed by atoms with Crippen molar-refractivity contribution in [2.24, 2.45) is 0 Å². The van der Waals surface area contributed by atoms with E-state index in [0.717, 1.165) is 43.8 Å². The van der Waals surface area contributed by atoms with Crippen LogP contribution in [0.1, 0.15) is 66.6 Å². The zero-order chi connectivity index (χ0) is 28.3. The van der Waals surface area contributed by atoms with Crippen molar-refractivity contribution in [3.8, 4) is 5.88 Å². The molecule has 1 N–H and O–H groups in total. The number of rotatable bonds is 8. The van der Waals surface area contributed by atoms with Gasteiger partial charge in [-0.25, -0.2) is 0 Å². The fourth-order valence-electron chi connectivity index (χ4n) is 5.00. The molecule has 2 aliphatic rings. The molecule has 5 rings (SSSR count). The Morgan fingerprint density at radius 2 is 1.70 bits per heavy atom. The summed E-state index contributed by atoms with van der Waals surface area (Å²) in [5.74, 6) is 0.660. The molecule has 11 heteroatoms. The van der Waals surface area contributed by atoms with E-state index >= 15 is 0 Å². The van der Waals surface area contributed by atoms with Gasteiger partial charge in [-0.15, -0.1) is 5.10 Å². The first-order valence-electron chi connectivity index (χ1n) is 13.3. The van der Waals surface area contributed by atoms with Crippen molar-refractivity contribution in [3.63, 3.8) is 0 Å². The van der Waals surface area contributed by atoms with E-state index in [1.54, 1.807) is 19.1 Å². The second kappa shape index (κ2) is 11.2. The number of alkyl halides is 3. The maximum absolute atomic E-state index is 13.1. The normalized spacial score (nSPS) is 16.9. The molecule has 0 atom stereocenters. The molecule has 0 unspecified atom stereocenters. The quantitative estimate of drug-likeness (QED) is 0.440. The van der Waals surface area contributed by atoms with E-state index in [0.29, 0.717) is 36.6 Å². The third-order valence-corrected chi connectivity index (χ3v) is 7.66. The maximum atomic E-state index is 13.1. The van der Waals surface area contributed by atoms with Crippen LogP contribution in [0.3, 0.4) is 0 Å². The zero-order valence-corrected chi connectivity index (χ0v) is 22.1. The average molecular weight is 554 g/mol. The highest BCUT2D eigenvalue weighted by atomic mass is 19.4. The number of ether oxygens (including phenoxy) is 1. The first-order chi connectivity index (χ1) is 19.1. The minimum absolute atomic E-state index is 0.0127. The van der Waals surface area contributed by atoms with E-state index in [4.69, 9.17) is 4.74 Å². The van der Waals surface area contributed by atoms with Gasteiger partial charge < -0.3 is 15.0 Å². The molecular formula is C29H30F3N5O3.